The normalized spacial score (nSPS) is 13.6. The Morgan fingerprint density at radius 1 is 1.00 bits per heavy atom. The molecule has 0 saturated heterocycles. The summed E-state index contributed by atoms with van der Waals surface area (Å²) in [5.74, 6) is 9.29. The van der Waals surface area contributed by atoms with Gasteiger partial charge in [-0.25, -0.2) is 0 Å². The molecule has 2 aromatic carbocycles. The molecule has 0 bridgehead atoms. The Morgan fingerprint density at radius 3 is 2.19 bits per heavy atom. The lowest BCUT2D eigenvalue weighted by molar-refractivity contribution is 0.324. The highest BCUT2D eigenvalue weighted by molar-refractivity contribution is 6.84. The Kier molecular flexibility index (Phi) is 5.27. The fraction of sp³-hybridized carbons (Fsp3) is 0.158. The van der Waals surface area contributed by atoms with Crippen molar-refractivity contribution in [2.75, 3.05) is 21.3 Å². The van der Waals surface area contributed by atoms with E-state index in [1.165, 1.54) is 0 Å². The monoisotopic (exact) mass is 349 g/mol. The summed E-state index contributed by atoms with van der Waals surface area (Å²) in [6, 6.07) is 13.7. The molecule has 7 heteroatoms. The first-order valence-corrected chi connectivity index (χ1v) is 8.13. The number of benzene rings is 2. The minimum atomic E-state index is 0.518. The standard InChI is InChI=1S/C19H20BN3O3/c1-24-15-9-13(10-16(25-2)18(15)26-3)17(23-21)14-11-20-19(22-14)12-7-5-4-6-8-12/h4-11,20H,21H2,1-3H3/b23-17+. The molecule has 1 heterocycles. The zero-order chi connectivity index (χ0) is 18.5. The predicted molar refractivity (Wildman–Crippen MR) is 105 cm³/mol. The van der Waals surface area contributed by atoms with E-state index in [1.54, 1.807) is 21.3 Å². The minimum Gasteiger partial charge on any atom is -0.493 e. The number of aliphatic imine (C=N–C) groups is 1. The maximum absolute atomic E-state index is 5.69. The quantitative estimate of drug-likeness (QED) is 0.375. The van der Waals surface area contributed by atoms with E-state index in [1.807, 2.05) is 48.4 Å². The SMILES string of the molecule is COc1cc(/C(=N\N)C2=CBC(c3ccccc3)=N2)cc(OC)c1OC. The van der Waals surface area contributed by atoms with Gasteiger partial charge in [0.2, 0.25) is 13.0 Å². The number of rotatable bonds is 6. The molecule has 6 nitrogen and oxygen atoms in total. The van der Waals surface area contributed by atoms with E-state index in [4.69, 9.17) is 25.0 Å². The number of hydrogen-bond acceptors (Lipinski definition) is 6. The summed E-state index contributed by atoms with van der Waals surface area (Å²) in [5, 5.41) is 3.96. The number of nitrogens with two attached hydrogens (primary N) is 1. The number of hydrazone groups is 1. The summed E-state index contributed by atoms with van der Waals surface area (Å²) in [6.07, 6.45) is 0. The third-order valence-corrected chi connectivity index (χ3v) is 4.16. The van der Waals surface area contributed by atoms with Crippen molar-refractivity contribution in [3.63, 3.8) is 0 Å². The van der Waals surface area contributed by atoms with Gasteiger partial charge in [-0.3, -0.25) is 4.99 Å². The van der Waals surface area contributed by atoms with Crippen molar-refractivity contribution >= 4 is 18.6 Å². The number of hydrogen-bond donors (Lipinski definition) is 1. The summed E-state index contributed by atoms with van der Waals surface area (Å²) in [4.78, 5) is 4.71. The van der Waals surface area contributed by atoms with E-state index < -0.39 is 0 Å². The summed E-state index contributed by atoms with van der Waals surface area (Å²) < 4.78 is 16.2. The van der Waals surface area contributed by atoms with E-state index in [2.05, 4.69) is 5.10 Å². The summed E-state index contributed by atoms with van der Waals surface area (Å²) >= 11 is 0. The maximum atomic E-state index is 5.69. The summed E-state index contributed by atoms with van der Waals surface area (Å²) in [6.45, 7) is 0. The molecule has 0 aromatic heterocycles. The smallest absolute Gasteiger partial charge is 0.210 e. The van der Waals surface area contributed by atoms with Gasteiger partial charge in [0, 0.05) is 11.2 Å². The van der Waals surface area contributed by atoms with Crippen LogP contribution in [0.2, 0.25) is 0 Å². The molecule has 0 spiro atoms. The average Bonchev–Trinajstić information content (AvgIpc) is 3.18. The van der Waals surface area contributed by atoms with E-state index in [-0.39, 0.29) is 0 Å². The molecule has 0 radical (unpaired) electrons. The molecule has 1 aliphatic heterocycles. The van der Waals surface area contributed by atoms with Crippen molar-refractivity contribution in [3.05, 3.63) is 65.3 Å². The van der Waals surface area contributed by atoms with Crippen molar-refractivity contribution in [1.82, 2.24) is 0 Å². The molecule has 0 saturated carbocycles. The van der Waals surface area contributed by atoms with Crippen LogP contribution in [0.15, 0.2) is 64.2 Å². The van der Waals surface area contributed by atoms with Gasteiger partial charge in [-0.1, -0.05) is 36.3 Å². The zero-order valence-corrected chi connectivity index (χ0v) is 15.0. The molecule has 2 N–H and O–H groups in total. The lowest BCUT2D eigenvalue weighted by atomic mass is 9.71. The third-order valence-electron chi connectivity index (χ3n) is 4.16. The second kappa shape index (κ2) is 7.78. The molecule has 132 valence electrons. The molecule has 3 rings (SSSR count). The maximum Gasteiger partial charge on any atom is 0.210 e. The van der Waals surface area contributed by atoms with Gasteiger partial charge in [0.05, 0.1) is 27.0 Å². The largest absolute Gasteiger partial charge is 0.493 e. The van der Waals surface area contributed by atoms with Crippen LogP contribution < -0.4 is 20.1 Å². The van der Waals surface area contributed by atoms with Gasteiger partial charge in [-0.05, 0) is 17.7 Å². The predicted octanol–water partition coefficient (Wildman–Crippen LogP) is 2.11. The highest BCUT2D eigenvalue weighted by atomic mass is 16.5. The van der Waals surface area contributed by atoms with Gasteiger partial charge in [0.15, 0.2) is 11.5 Å². The topological polar surface area (TPSA) is 78.4 Å². The van der Waals surface area contributed by atoms with Crippen molar-refractivity contribution in [2.24, 2.45) is 15.9 Å². The van der Waals surface area contributed by atoms with Crippen molar-refractivity contribution in [2.45, 2.75) is 0 Å². The Bertz CT molecular complexity index is 867. The fourth-order valence-corrected chi connectivity index (χ4v) is 2.90. The van der Waals surface area contributed by atoms with Crippen molar-refractivity contribution in [1.29, 1.82) is 0 Å². The van der Waals surface area contributed by atoms with Gasteiger partial charge in [-0.2, -0.15) is 5.10 Å². The van der Waals surface area contributed by atoms with Crippen LogP contribution in [0.1, 0.15) is 11.1 Å². The highest BCUT2D eigenvalue weighted by Gasteiger charge is 2.21. The van der Waals surface area contributed by atoms with Crippen molar-refractivity contribution in [3.8, 4) is 17.2 Å². The molecule has 2 aromatic rings. The first-order chi connectivity index (χ1) is 12.7. The number of allylic oxidation sites excluding steroid dienone is 1. The summed E-state index contributed by atoms with van der Waals surface area (Å²) in [5.41, 5.74) is 4.09. The first kappa shape index (κ1) is 17.6. The zero-order valence-electron chi connectivity index (χ0n) is 15.0. The molecular weight excluding hydrogens is 329 g/mol. The van der Waals surface area contributed by atoms with E-state index in [0.717, 1.165) is 29.7 Å². The molecular formula is C19H20BN3O3. The number of nitrogens with zero attached hydrogens (tertiary/aromatic N) is 2. The van der Waals surface area contributed by atoms with Gasteiger partial charge in [-0.15, -0.1) is 0 Å². The van der Waals surface area contributed by atoms with E-state index in [9.17, 15) is 0 Å². The molecule has 0 aliphatic carbocycles. The minimum absolute atomic E-state index is 0.518. The van der Waals surface area contributed by atoms with Gasteiger partial charge in [0.25, 0.3) is 0 Å². The van der Waals surface area contributed by atoms with Crippen LogP contribution >= 0.6 is 0 Å². The fourth-order valence-electron chi connectivity index (χ4n) is 2.90. The van der Waals surface area contributed by atoms with Crippen LogP contribution in [-0.4, -0.2) is 39.9 Å². The van der Waals surface area contributed by atoms with Gasteiger partial charge >= 0.3 is 0 Å². The van der Waals surface area contributed by atoms with Crippen LogP contribution in [0.3, 0.4) is 0 Å². The van der Waals surface area contributed by atoms with Crippen LogP contribution in [0.4, 0.5) is 0 Å². The number of methoxy groups -OCH3 is 3. The lowest BCUT2D eigenvalue weighted by Gasteiger charge is -2.14. The Morgan fingerprint density at radius 2 is 1.65 bits per heavy atom. The van der Waals surface area contributed by atoms with Crippen LogP contribution in [0, 0.1) is 0 Å². The van der Waals surface area contributed by atoms with Crippen molar-refractivity contribution < 1.29 is 14.2 Å². The first-order valence-electron chi connectivity index (χ1n) is 8.13. The van der Waals surface area contributed by atoms with Gasteiger partial charge < -0.3 is 20.1 Å². The second-order valence-corrected chi connectivity index (χ2v) is 5.61. The molecule has 0 amide bonds. The Balaban J connectivity index is 1.99. The summed E-state index contributed by atoms with van der Waals surface area (Å²) in [7, 11) is 5.43. The highest BCUT2D eigenvalue weighted by Crippen LogP contribution is 2.39. The molecule has 0 fully saturated rings. The third kappa shape index (κ3) is 3.28. The average molecular weight is 349 g/mol. The molecule has 1 aliphatic rings. The lowest BCUT2D eigenvalue weighted by Crippen LogP contribution is -2.08. The Labute approximate surface area is 153 Å². The van der Waals surface area contributed by atoms with E-state index >= 15 is 0 Å². The van der Waals surface area contributed by atoms with Gasteiger partial charge in [0.1, 0.15) is 5.71 Å². The van der Waals surface area contributed by atoms with Crippen LogP contribution in [0.25, 0.3) is 0 Å². The van der Waals surface area contributed by atoms with Crippen LogP contribution in [-0.2, 0) is 0 Å². The van der Waals surface area contributed by atoms with Crippen LogP contribution in [0.5, 0.6) is 17.2 Å². The molecule has 26 heavy (non-hydrogen) atoms. The Hall–Kier alpha value is -3.22. The molecule has 0 unspecified atom stereocenters. The second-order valence-electron chi connectivity index (χ2n) is 5.61. The van der Waals surface area contributed by atoms with E-state index in [0.29, 0.717) is 23.0 Å². The number of ether oxygens (including phenoxy) is 3. The molecule has 0 atom stereocenters.